The van der Waals surface area contributed by atoms with Gasteiger partial charge in [-0.3, -0.25) is 4.57 Å². The van der Waals surface area contributed by atoms with Gasteiger partial charge < -0.3 is 0 Å². The first-order valence-corrected chi connectivity index (χ1v) is 9.63. The Kier molecular flexibility index (Phi) is 5.12. The van der Waals surface area contributed by atoms with Crippen molar-refractivity contribution in [2.24, 2.45) is 0 Å². The van der Waals surface area contributed by atoms with Crippen LogP contribution < -0.4 is 0 Å². The van der Waals surface area contributed by atoms with Gasteiger partial charge in [-0.1, -0.05) is 90.6 Å². The minimum atomic E-state index is 0.874. The van der Waals surface area contributed by atoms with Crippen LogP contribution in [0.5, 0.6) is 0 Å². The molecular weight excluding hydrogens is 338 g/mol. The normalized spacial score (nSPS) is 10.8. The first kappa shape index (κ1) is 16.6. The maximum Gasteiger partial charge on any atom is 0.196 e. The standard InChI is InChI=1S/C22H19N3S/c1-4-10-18(11-5-1)16-17-26-22-24-23-21(19-12-6-2-7-13-19)25(22)20-14-8-3-9-15-20/h1-15H,16-17H2. The summed E-state index contributed by atoms with van der Waals surface area (Å²) in [5, 5.41) is 9.88. The summed E-state index contributed by atoms with van der Waals surface area (Å²) in [5.74, 6) is 1.84. The average Bonchev–Trinajstić information content (AvgIpc) is 3.14. The molecule has 0 fully saturated rings. The van der Waals surface area contributed by atoms with E-state index in [4.69, 9.17) is 0 Å². The Morgan fingerprint density at radius 3 is 2.00 bits per heavy atom. The lowest BCUT2D eigenvalue weighted by atomic mass is 10.2. The zero-order valence-corrected chi connectivity index (χ0v) is 15.1. The lowest BCUT2D eigenvalue weighted by molar-refractivity contribution is 0.885. The summed E-state index contributed by atoms with van der Waals surface area (Å²) in [6.45, 7) is 0. The van der Waals surface area contributed by atoms with E-state index in [-0.39, 0.29) is 0 Å². The van der Waals surface area contributed by atoms with Crippen molar-refractivity contribution in [3.05, 3.63) is 96.6 Å². The van der Waals surface area contributed by atoms with Gasteiger partial charge in [-0.25, -0.2) is 0 Å². The van der Waals surface area contributed by atoms with E-state index in [1.54, 1.807) is 11.8 Å². The fraction of sp³-hybridized carbons (Fsp3) is 0.0909. The highest BCUT2D eigenvalue weighted by Crippen LogP contribution is 2.28. The molecule has 0 aliphatic heterocycles. The van der Waals surface area contributed by atoms with Crippen molar-refractivity contribution in [2.45, 2.75) is 11.6 Å². The Labute approximate surface area is 157 Å². The molecule has 0 unspecified atom stereocenters. The van der Waals surface area contributed by atoms with E-state index < -0.39 is 0 Å². The molecule has 0 spiro atoms. The zero-order valence-electron chi connectivity index (χ0n) is 14.3. The quantitative estimate of drug-likeness (QED) is 0.441. The molecule has 0 saturated heterocycles. The van der Waals surface area contributed by atoms with Crippen molar-refractivity contribution >= 4 is 11.8 Å². The molecule has 1 heterocycles. The molecule has 0 aliphatic rings. The molecule has 128 valence electrons. The van der Waals surface area contributed by atoms with Crippen LogP contribution in [0.4, 0.5) is 0 Å². The molecule has 4 heteroatoms. The lowest BCUT2D eigenvalue weighted by Gasteiger charge is -2.10. The summed E-state index contributed by atoms with van der Waals surface area (Å²) in [7, 11) is 0. The highest BCUT2D eigenvalue weighted by atomic mass is 32.2. The molecule has 3 nitrogen and oxygen atoms in total. The number of hydrogen-bond donors (Lipinski definition) is 0. The largest absolute Gasteiger partial charge is 0.270 e. The van der Waals surface area contributed by atoms with E-state index in [2.05, 4.69) is 69.4 Å². The zero-order chi connectivity index (χ0) is 17.6. The molecule has 4 aromatic rings. The van der Waals surface area contributed by atoms with Crippen LogP contribution in [0.25, 0.3) is 17.1 Å². The van der Waals surface area contributed by atoms with E-state index in [0.717, 1.165) is 34.4 Å². The Bertz CT molecular complexity index is 951. The highest BCUT2D eigenvalue weighted by molar-refractivity contribution is 7.99. The van der Waals surface area contributed by atoms with E-state index >= 15 is 0 Å². The molecule has 0 aliphatic carbocycles. The minimum Gasteiger partial charge on any atom is -0.270 e. The van der Waals surface area contributed by atoms with Gasteiger partial charge in [0.2, 0.25) is 0 Å². The van der Waals surface area contributed by atoms with Crippen molar-refractivity contribution in [3.63, 3.8) is 0 Å². The number of rotatable bonds is 6. The van der Waals surface area contributed by atoms with Crippen molar-refractivity contribution in [2.75, 3.05) is 5.75 Å². The van der Waals surface area contributed by atoms with Crippen LogP contribution in [-0.2, 0) is 6.42 Å². The summed E-state index contributed by atoms with van der Waals surface area (Å²) in [6.07, 6.45) is 1.01. The van der Waals surface area contributed by atoms with E-state index in [0.29, 0.717) is 0 Å². The van der Waals surface area contributed by atoms with Crippen molar-refractivity contribution < 1.29 is 0 Å². The maximum absolute atomic E-state index is 4.48. The number of aryl methyl sites for hydroxylation is 1. The van der Waals surface area contributed by atoms with E-state index in [1.807, 2.05) is 36.4 Å². The molecule has 1 aromatic heterocycles. The summed E-state index contributed by atoms with van der Waals surface area (Å²) >= 11 is 1.74. The van der Waals surface area contributed by atoms with Gasteiger partial charge in [-0.15, -0.1) is 10.2 Å². The van der Waals surface area contributed by atoms with Gasteiger partial charge in [0.15, 0.2) is 11.0 Å². The summed E-state index contributed by atoms with van der Waals surface area (Å²) in [6, 6.07) is 31.1. The number of nitrogens with zero attached hydrogens (tertiary/aromatic N) is 3. The third-order valence-electron chi connectivity index (χ3n) is 4.14. The van der Waals surface area contributed by atoms with Gasteiger partial charge in [0.25, 0.3) is 0 Å². The summed E-state index contributed by atoms with van der Waals surface area (Å²) in [5.41, 5.74) is 3.49. The van der Waals surface area contributed by atoms with Gasteiger partial charge in [-0.05, 0) is 24.1 Å². The smallest absolute Gasteiger partial charge is 0.196 e. The van der Waals surface area contributed by atoms with Gasteiger partial charge in [0.1, 0.15) is 0 Å². The Morgan fingerprint density at radius 1 is 0.692 bits per heavy atom. The predicted molar refractivity (Wildman–Crippen MR) is 108 cm³/mol. The first-order chi connectivity index (χ1) is 12.9. The minimum absolute atomic E-state index is 0.874. The number of hydrogen-bond acceptors (Lipinski definition) is 3. The molecule has 3 aromatic carbocycles. The molecule has 0 atom stereocenters. The fourth-order valence-corrected chi connectivity index (χ4v) is 3.79. The molecule has 0 N–H and O–H groups in total. The van der Waals surface area contributed by atoms with Gasteiger partial charge in [0, 0.05) is 17.0 Å². The van der Waals surface area contributed by atoms with Crippen molar-refractivity contribution in [3.8, 4) is 17.1 Å². The van der Waals surface area contributed by atoms with Gasteiger partial charge in [0.05, 0.1) is 0 Å². The third kappa shape index (κ3) is 3.70. The number of thioether (sulfide) groups is 1. The molecular formula is C22H19N3S. The summed E-state index contributed by atoms with van der Waals surface area (Å²) < 4.78 is 2.14. The van der Waals surface area contributed by atoms with Crippen LogP contribution in [-0.4, -0.2) is 20.5 Å². The topological polar surface area (TPSA) is 30.7 Å². The van der Waals surface area contributed by atoms with Crippen LogP contribution >= 0.6 is 11.8 Å². The number of para-hydroxylation sites is 1. The van der Waals surface area contributed by atoms with Crippen LogP contribution in [0.2, 0.25) is 0 Å². The van der Waals surface area contributed by atoms with E-state index in [1.165, 1.54) is 5.56 Å². The second-order valence-electron chi connectivity index (χ2n) is 5.93. The van der Waals surface area contributed by atoms with Crippen LogP contribution in [0.3, 0.4) is 0 Å². The maximum atomic E-state index is 4.48. The second kappa shape index (κ2) is 8.02. The monoisotopic (exact) mass is 357 g/mol. The fourth-order valence-electron chi connectivity index (χ4n) is 2.85. The molecule has 0 bridgehead atoms. The molecule has 0 amide bonds. The molecule has 26 heavy (non-hydrogen) atoms. The number of benzene rings is 3. The van der Waals surface area contributed by atoms with Gasteiger partial charge >= 0.3 is 0 Å². The highest BCUT2D eigenvalue weighted by Gasteiger charge is 2.15. The second-order valence-corrected chi connectivity index (χ2v) is 6.99. The molecule has 0 saturated carbocycles. The van der Waals surface area contributed by atoms with Gasteiger partial charge in [-0.2, -0.15) is 0 Å². The van der Waals surface area contributed by atoms with Crippen LogP contribution in [0.1, 0.15) is 5.56 Å². The van der Waals surface area contributed by atoms with Crippen molar-refractivity contribution in [1.82, 2.24) is 14.8 Å². The number of aromatic nitrogens is 3. The molecule has 4 rings (SSSR count). The van der Waals surface area contributed by atoms with Crippen LogP contribution in [0, 0.1) is 0 Å². The Hall–Kier alpha value is -2.85. The average molecular weight is 357 g/mol. The molecule has 0 radical (unpaired) electrons. The lowest BCUT2D eigenvalue weighted by Crippen LogP contribution is -2.00. The third-order valence-corrected chi connectivity index (χ3v) is 5.08. The SMILES string of the molecule is c1ccc(CCSc2nnc(-c3ccccc3)n2-c2ccccc2)cc1. The summed E-state index contributed by atoms with van der Waals surface area (Å²) in [4.78, 5) is 0. The Morgan fingerprint density at radius 2 is 1.31 bits per heavy atom. The Balaban J connectivity index is 1.63. The van der Waals surface area contributed by atoms with Crippen molar-refractivity contribution in [1.29, 1.82) is 0 Å². The van der Waals surface area contributed by atoms with E-state index in [9.17, 15) is 0 Å². The first-order valence-electron chi connectivity index (χ1n) is 8.65. The van der Waals surface area contributed by atoms with Crippen LogP contribution in [0.15, 0.2) is 96.2 Å². The predicted octanol–water partition coefficient (Wildman–Crippen LogP) is 5.27.